The van der Waals surface area contributed by atoms with E-state index in [0.717, 1.165) is 39.9 Å². The molecule has 124 valence electrons. The molecule has 6 nitrogen and oxygen atoms in total. The maximum absolute atomic E-state index is 12.1. The molecule has 24 heavy (non-hydrogen) atoms. The molecule has 0 spiro atoms. The molecule has 0 radical (unpaired) electrons. The zero-order valence-electron chi connectivity index (χ0n) is 13.0. The van der Waals surface area contributed by atoms with Gasteiger partial charge in [0.05, 0.1) is 5.69 Å². The fourth-order valence-electron chi connectivity index (χ4n) is 2.42. The minimum atomic E-state index is -0.116. The van der Waals surface area contributed by atoms with Gasteiger partial charge in [-0.1, -0.05) is 24.3 Å². The molecule has 1 aliphatic rings. The van der Waals surface area contributed by atoms with Gasteiger partial charge in [0.2, 0.25) is 11.8 Å². The van der Waals surface area contributed by atoms with E-state index in [0.29, 0.717) is 10.7 Å². The van der Waals surface area contributed by atoms with Crippen LogP contribution < -0.4 is 15.0 Å². The zero-order valence-corrected chi connectivity index (χ0v) is 14.7. The van der Waals surface area contributed by atoms with Crippen LogP contribution in [0.5, 0.6) is 11.5 Å². The van der Waals surface area contributed by atoms with Crippen LogP contribution in [0, 0.1) is 0 Å². The second-order valence-electron chi connectivity index (χ2n) is 5.31. The van der Waals surface area contributed by atoms with Crippen LogP contribution >= 0.6 is 23.1 Å². The zero-order chi connectivity index (χ0) is 16.5. The number of thioether (sulfide) groups is 1. The number of aryl methyl sites for hydroxylation is 1. The topological polar surface area (TPSA) is 65.7 Å². The summed E-state index contributed by atoms with van der Waals surface area (Å²) in [4.78, 5) is 17.3. The molecule has 0 amide bonds. The molecule has 0 bridgehead atoms. The van der Waals surface area contributed by atoms with E-state index >= 15 is 0 Å². The molecular formula is C16H15N3O3S2. The molecule has 4 rings (SSSR count). The second kappa shape index (κ2) is 6.45. The van der Waals surface area contributed by atoms with E-state index in [-0.39, 0.29) is 12.4 Å². The molecule has 2 aromatic heterocycles. The molecule has 1 aromatic carbocycles. The molecular weight excluding hydrogens is 346 g/mol. The fourth-order valence-corrected chi connectivity index (χ4v) is 4.15. The van der Waals surface area contributed by atoms with Gasteiger partial charge in [0.25, 0.3) is 5.56 Å². The highest BCUT2D eigenvalue weighted by Crippen LogP contribution is 2.33. The molecule has 3 heterocycles. The molecule has 0 unspecified atom stereocenters. The molecule has 0 aliphatic carbocycles. The average molecular weight is 361 g/mol. The van der Waals surface area contributed by atoms with E-state index in [1.165, 1.54) is 15.9 Å². The van der Waals surface area contributed by atoms with Crippen LogP contribution in [-0.4, -0.2) is 21.4 Å². The third kappa shape index (κ3) is 2.99. The first kappa shape index (κ1) is 15.5. The highest BCUT2D eigenvalue weighted by molar-refractivity contribution is 7.97. The van der Waals surface area contributed by atoms with Gasteiger partial charge < -0.3 is 9.47 Å². The maximum atomic E-state index is 12.1. The van der Waals surface area contributed by atoms with Crippen LogP contribution in [0.2, 0.25) is 0 Å². The van der Waals surface area contributed by atoms with Gasteiger partial charge in [-0.3, -0.25) is 4.79 Å². The van der Waals surface area contributed by atoms with Crippen LogP contribution in [0.25, 0.3) is 4.96 Å². The SMILES string of the molecule is CCc1nn2c(=O)cc(CSCc3ccc4c(c3)OCO4)nc2s1. The van der Waals surface area contributed by atoms with Crippen LogP contribution in [0.1, 0.15) is 23.2 Å². The van der Waals surface area contributed by atoms with E-state index in [1.807, 2.05) is 25.1 Å². The third-order valence-corrected chi connectivity index (χ3v) is 5.69. The lowest BCUT2D eigenvalue weighted by Gasteiger charge is -2.03. The number of hydrogen-bond donors (Lipinski definition) is 0. The predicted octanol–water partition coefficient (Wildman–Crippen LogP) is 2.88. The summed E-state index contributed by atoms with van der Waals surface area (Å²) in [7, 11) is 0. The van der Waals surface area contributed by atoms with Gasteiger partial charge in [0, 0.05) is 17.6 Å². The van der Waals surface area contributed by atoms with Crippen molar-refractivity contribution in [2.45, 2.75) is 24.9 Å². The number of hydrogen-bond acceptors (Lipinski definition) is 7. The third-order valence-electron chi connectivity index (χ3n) is 3.60. The van der Waals surface area contributed by atoms with Crippen molar-refractivity contribution in [2.75, 3.05) is 6.79 Å². The van der Waals surface area contributed by atoms with Crippen LogP contribution in [0.15, 0.2) is 29.1 Å². The van der Waals surface area contributed by atoms with E-state index < -0.39 is 0 Å². The number of fused-ring (bicyclic) bond motifs is 2. The summed E-state index contributed by atoms with van der Waals surface area (Å²) in [5.74, 6) is 3.09. The highest BCUT2D eigenvalue weighted by atomic mass is 32.2. The number of nitrogens with zero attached hydrogens (tertiary/aromatic N) is 3. The Morgan fingerprint density at radius 3 is 3.00 bits per heavy atom. The van der Waals surface area contributed by atoms with E-state index in [1.54, 1.807) is 17.8 Å². The average Bonchev–Trinajstić information content (AvgIpc) is 3.20. The first-order valence-electron chi connectivity index (χ1n) is 7.58. The van der Waals surface area contributed by atoms with Crippen molar-refractivity contribution in [3.05, 3.63) is 50.9 Å². The molecule has 8 heteroatoms. The Bertz CT molecular complexity index is 951. The van der Waals surface area contributed by atoms with Crippen molar-refractivity contribution in [2.24, 2.45) is 0 Å². The quantitative estimate of drug-likeness (QED) is 0.696. The molecule has 0 fully saturated rings. The fraction of sp³-hybridized carbons (Fsp3) is 0.312. The number of rotatable bonds is 5. The van der Waals surface area contributed by atoms with Crippen LogP contribution in [-0.2, 0) is 17.9 Å². The van der Waals surface area contributed by atoms with E-state index in [9.17, 15) is 4.79 Å². The van der Waals surface area contributed by atoms with Crippen LogP contribution in [0.3, 0.4) is 0 Å². The number of ether oxygens (including phenoxy) is 2. The van der Waals surface area contributed by atoms with Gasteiger partial charge in [-0.05, 0) is 24.1 Å². The van der Waals surface area contributed by atoms with Gasteiger partial charge in [-0.25, -0.2) is 4.98 Å². The Morgan fingerprint density at radius 2 is 2.12 bits per heavy atom. The second-order valence-corrected chi connectivity index (χ2v) is 7.34. The molecule has 0 atom stereocenters. The summed E-state index contributed by atoms with van der Waals surface area (Å²) in [6.45, 7) is 2.30. The summed E-state index contributed by atoms with van der Waals surface area (Å²) in [6.07, 6.45) is 0.807. The van der Waals surface area contributed by atoms with Crippen molar-refractivity contribution in [3.8, 4) is 11.5 Å². The van der Waals surface area contributed by atoms with Crippen molar-refractivity contribution >= 4 is 28.1 Å². The van der Waals surface area contributed by atoms with Crippen molar-refractivity contribution in [1.82, 2.24) is 14.6 Å². The van der Waals surface area contributed by atoms with Crippen molar-refractivity contribution in [3.63, 3.8) is 0 Å². The first-order chi connectivity index (χ1) is 11.7. The van der Waals surface area contributed by atoms with E-state index in [4.69, 9.17) is 9.47 Å². The van der Waals surface area contributed by atoms with Gasteiger partial charge in [-0.15, -0.1) is 0 Å². The largest absolute Gasteiger partial charge is 0.454 e. The molecule has 0 saturated carbocycles. The summed E-state index contributed by atoms with van der Waals surface area (Å²) in [6, 6.07) is 7.53. The summed E-state index contributed by atoms with van der Waals surface area (Å²) in [5, 5.41) is 5.18. The van der Waals surface area contributed by atoms with E-state index in [2.05, 4.69) is 10.1 Å². The van der Waals surface area contributed by atoms with Gasteiger partial charge >= 0.3 is 0 Å². The van der Waals surface area contributed by atoms with Crippen molar-refractivity contribution < 1.29 is 9.47 Å². The Morgan fingerprint density at radius 1 is 1.25 bits per heavy atom. The molecule has 0 saturated heterocycles. The Labute approximate surface area is 146 Å². The van der Waals surface area contributed by atoms with Gasteiger partial charge in [-0.2, -0.15) is 21.4 Å². The smallest absolute Gasteiger partial charge is 0.275 e. The number of aromatic nitrogens is 3. The molecule has 0 N–H and O–H groups in total. The molecule has 1 aliphatic heterocycles. The highest BCUT2D eigenvalue weighted by Gasteiger charge is 2.13. The number of benzene rings is 1. The monoisotopic (exact) mass is 361 g/mol. The minimum absolute atomic E-state index is 0.116. The lowest BCUT2D eigenvalue weighted by molar-refractivity contribution is 0.174. The standard InChI is InChI=1S/C16H15N3O3S2/c1-2-14-18-19-15(20)6-11(17-16(19)24-14)8-23-7-10-3-4-12-13(5-10)22-9-21-12/h3-6H,2,7-9H2,1H3. The Balaban J connectivity index is 1.46. The summed E-state index contributed by atoms with van der Waals surface area (Å²) < 4.78 is 12.1. The van der Waals surface area contributed by atoms with Crippen molar-refractivity contribution in [1.29, 1.82) is 0 Å². The van der Waals surface area contributed by atoms with Gasteiger partial charge in [0.15, 0.2) is 11.5 Å². The summed E-state index contributed by atoms with van der Waals surface area (Å²) in [5.41, 5.74) is 1.83. The maximum Gasteiger partial charge on any atom is 0.275 e. The Hall–Kier alpha value is -2.06. The normalized spacial score (nSPS) is 12.9. The first-order valence-corrected chi connectivity index (χ1v) is 9.55. The lowest BCUT2D eigenvalue weighted by atomic mass is 10.2. The summed E-state index contributed by atoms with van der Waals surface area (Å²) >= 11 is 3.18. The molecule has 3 aromatic rings. The van der Waals surface area contributed by atoms with Crippen LogP contribution in [0.4, 0.5) is 0 Å². The predicted molar refractivity (Wildman–Crippen MR) is 94.1 cm³/mol. The Kier molecular flexibility index (Phi) is 4.15. The lowest BCUT2D eigenvalue weighted by Crippen LogP contribution is -2.15. The minimum Gasteiger partial charge on any atom is -0.454 e. The van der Waals surface area contributed by atoms with Gasteiger partial charge in [0.1, 0.15) is 5.01 Å².